The molecule has 3 aliphatic heterocycles. The summed E-state index contributed by atoms with van der Waals surface area (Å²) in [5.41, 5.74) is 2.63. The predicted molar refractivity (Wildman–Crippen MR) is 112 cm³/mol. The molecule has 0 saturated carbocycles. The van der Waals surface area contributed by atoms with Crippen molar-refractivity contribution in [2.75, 3.05) is 46.1 Å². The molecule has 1 atom stereocenters. The van der Waals surface area contributed by atoms with Crippen LogP contribution < -0.4 is 9.47 Å². The lowest BCUT2D eigenvalue weighted by Crippen LogP contribution is -2.54. The van der Waals surface area contributed by atoms with Crippen LogP contribution in [-0.4, -0.2) is 71.8 Å². The molecule has 0 bridgehead atoms. The van der Waals surface area contributed by atoms with Gasteiger partial charge >= 0.3 is 0 Å². The summed E-state index contributed by atoms with van der Waals surface area (Å²) in [6.45, 7) is 9.33. The molecule has 6 nitrogen and oxygen atoms in total. The molecule has 0 amide bonds. The molecule has 4 heterocycles. The molecular weight excluding hydrogens is 364 g/mol. The van der Waals surface area contributed by atoms with E-state index in [0.29, 0.717) is 12.8 Å². The van der Waals surface area contributed by atoms with E-state index in [9.17, 15) is 0 Å². The first kappa shape index (κ1) is 18.9. The van der Waals surface area contributed by atoms with Crippen molar-refractivity contribution in [1.82, 2.24) is 19.7 Å². The fourth-order valence-corrected chi connectivity index (χ4v) is 4.81. The van der Waals surface area contributed by atoms with E-state index in [-0.39, 0.29) is 0 Å². The van der Waals surface area contributed by atoms with E-state index in [0.717, 1.165) is 50.8 Å². The van der Waals surface area contributed by atoms with Gasteiger partial charge in [-0.1, -0.05) is 12.1 Å². The van der Waals surface area contributed by atoms with Crippen LogP contribution in [0.25, 0.3) is 0 Å². The van der Waals surface area contributed by atoms with Gasteiger partial charge in [0.05, 0.1) is 0 Å². The van der Waals surface area contributed by atoms with Crippen molar-refractivity contribution in [3.8, 4) is 11.5 Å². The lowest BCUT2D eigenvalue weighted by molar-refractivity contribution is 0.0477. The lowest BCUT2D eigenvalue weighted by Gasteiger charge is -2.43. The molecule has 0 N–H and O–H groups in total. The Morgan fingerprint density at radius 2 is 1.76 bits per heavy atom. The van der Waals surface area contributed by atoms with Gasteiger partial charge in [-0.2, -0.15) is 0 Å². The zero-order chi connectivity index (χ0) is 19.5. The molecule has 6 heteroatoms. The summed E-state index contributed by atoms with van der Waals surface area (Å²) in [4.78, 5) is 12.1. The third-order valence-corrected chi connectivity index (χ3v) is 6.38. The van der Waals surface area contributed by atoms with Gasteiger partial charge in [-0.05, 0) is 48.7 Å². The third kappa shape index (κ3) is 4.55. The van der Waals surface area contributed by atoms with Gasteiger partial charge in [0.1, 0.15) is 0 Å². The highest BCUT2D eigenvalue weighted by molar-refractivity contribution is 5.44. The monoisotopic (exact) mass is 394 g/mol. The SMILES string of the molecule is c1cncc(CN2CCCC(N3CCN(Cc4ccc5c(c4)OCO5)CC3)C2)c1. The van der Waals surface area contributed by atoms with Crippen molar-refractivity contribution in [1.29, 1.82) is 0 Å². The van der Waals surface area contributed by atoms with E-state index in [1.165, 1.54) is 37.1 Å². The number of aromatic nitrogens is 1. The topological polar surface area (TPSA) is 41.1 Å². The minimum Gasteiger partial charge on any atom is -0.454 e. The van der Waals surface area contributed by atoms with Gasteiger partial charge < -0.3 is 9.47 Å². The molecule has 1 aromatic heterocycles. The highest BCUT2D eigenvalue weighted by atomic mass is 16.7. The second-order valence-electron chi connectivity index (χ2n) is 8.39. The van der Waals surface area contributed by atoms with E-state index in [1.54, 1.807) is 0 Å². The first-order chi connectivity index (χ1) is 14.3. The first-order valence-electron chi connectivity index (χ1n) is 10.8. The summed E-state index contributed by atoms with van der Waals surface area (Å²) < 4.78 is 10.9. The number of ether oxygens (including phenoxy) is 2. The van der Waals surface area contributed by atoms with Crippen molar-refractivity contribution < 1.29 is 9.47 Å². The number of pyridine rings is 1. The highest BCUT2D eigenvalue weighted by Gasteiger charge is 2.28. The van der Waals surface area contributed by atoms with E-state index in [2.05, 4.69) is 37.9 Å². The second-order valence-corrected chi connectivity index (χ2v) is 8.39. The van der Waals surface area contributed by atoms with E-state index < -0.39 is 0 Å². The van der Waals surface area contributed by atoms with Crippen molar-refractivity contribution >= 4 is 0 Å². The van der Waals surface area contributed by atoms with Crippen LogP contribution in [0.4, 0.5) is 0 Å². The number of fused-ring (bicyclic) bond motifs is 1. The Kier molecular flexibility index (Phi) is 5.65. The Balaban J connectivity index is 1.11. The van der Waals surface area contributed by atoms with Gasteiger partial charge in [0.25, 0.3) is 0 Å². The number of hydrogen-bond donors (Lipinski definition) is 0. The summed E-state index contributed by atoms with van der Waals surface area (Å²) in [5.74, 6) is 1.75. The Morgan fingerprint density at radius 3 is 2.62 bits per heavy atom. The van der Waals surface area contributed by atoms with Crippen LogP contribution in [0.15, 0.2) is 42.7 Å². The van der Waals surface area contributed by atoms with Gasteiger partial charge in [-0.3, -0.25) is 19.7 Å². The van der Waals surface area contributed by atoms with Crippen LogP contribution in [0.5, 0.6) is 11.5 Å². The average molecular weight is 395 g/mol. The smallest absolute Gasteiger partial charge is 0.231 e. The molecule has 2 fully saturated rings. The van der Waals surface area contributed by atoms with Crippen LogP contribution in [-0.2, 0) is 13.1 Å². The van der Waals surface area contributed by atoms with Gasteiger partial charge in [-0.25, -0.2) is 0 Å². The fraction of sp³-hybridized carbons (Fsp3) is 0.522. The first-order valence-corrected chi connectivity index (χ1v) is 10.8. The van der Waals surface area contributed by atoms with Gasteiger partial charge in [0.15, 0.2) is 11.5 Å². The van der Waals surface area contributed by atoms with Crippen molar-refractivity contribution in [2.45, 2.75) is 32.0 Å². The number of rotatable bonds is 5. The molecule has 0 spiro atoms. The number of likely N-dealkylation sites (tertiary alicyclic amines) is 1. The summed E-state index contributed by atoms with van der Waals surface area (Å²) in [7, 11) is 0. The molecule has 0 radical (unpaired) electrons. The van der Waals surface area contributed by atoms with E-state index >= 15 is 0 Å². The zero-order valence-electron chi connectivity index (χ0n) is 17.0. The normalized spacial score (nSPS) is 23.4. The lowest BCUT2D eigenvalue weighted by atomic mass is 10.0. The standard InChI is InChI=1S/C23H30N4O2/c1-3-20(14-24-7-1)16-26-8-2-4-21(17-26)27-11-9-25(10-12-27)15-19-5-6-22-23(13-19)29-18-28-22/h1,3,5-7,13-14,21H,2,4,8-12,15-18H2. The van der Waals surface area contributed by atoms with Crippen LogP contribution in [0.1, 0.15) is 24.0 Å². The van der Waals surface area contributed by atoms with Crippen LogP contribution in [0.2, 0.25) is 0 Å². The maximum absolute atomic E-state index is 5.52. The molecule has 5 rings (SSSR count). The molecular formula is C23H30N4O2. The van der Waals surface area contributed by atoms with Gasteiger partial charge in [-0.15, -0.1) is 0 Å². The minimum absolute atomic E-state index is 0.344. The molecule has 0 aliphatic carbocycles. The molecule has 29 heavy (non-hydrogen) atoms. The number of piperidine rings is 1. The fourth-order valence-electron chi connectivity index (χ4n) is 4.81. The Bertz CT molecular complexity index is 808. The van der Waals surface area contributed by atoms with Crippen LogP contribution in [0, 0.1) is 0 Å². The highest BCUT2D eigenvalue weighted by Crippen LogP contribution is 2.33. The van der Waals surface area contributed by atoms with Crippen molar-refractivity contribution in [3.63, 3.8) is 0 Å². The summed E-state index contributed by atoms with van der Waals surface area (Å²) in [5, 5.41) is 0. The number of hydrogen-bond acceptors (Lipinski definition) is 6. The number of benzene rings is 1. The van der Waals surface area contributed by atoms with Crippen molar-refractivity contribution in [3.05, 3.63) is 53.9 Å². The largest absolute Gasteiger partial charge is 0.454 e. The molecule has 1 aromatic carbocycles. The van der Waals surface area contributed by atoms with Crippen LogP contribution >= 0.6 is 0 Å². The quantitative estimate of drug-likeness (QED) is 0.777. The Hall–Kier alpha value is -2.15. The maximum Gasteiger partial charge on any atom is 0.231 e. The molecule has 154 valence electrons. The second kappa shape index (κ2) is 8.69. The van der Waals surface area contributed by atoms with Crippen molar-refractivity contribution in [2.24, 2.45) is 0 Å². The third-order valence-electron chi connectivity index (χ3n) is 6.38. The van der Waals surface area contributed by atoms with E-state index in [1.807, 2.05) is 24.5 Å². The molecule has 2 aromatic rings. The van der Waals surface area contributed by atoms with Gasteiger partial charge in [0.2, 0.25) is 6.79 Å². The molecule has 3 aliphatic rings. The minimum atomic E-state index is 0.344. The Labute approximate surface area is 173 Å². The predicted octanol–water partition coefficient (Wildman–Crippen LogP) is 2.59. The number of piperazine rings is 1. The summed E-state index contributed by atoms with van der Waals surface area (Å²) >= 11 is 0. The summed E-state index contributed by atoms with van der Waals surface area (Å²) in [6, 6.07) is 11.2. The van der Waals surface area contributed by atoms with Gasteiger partial charge in [0, 0.05) is 64.2 Å². The Morgan fingerprint density at radius 1 is 0.897 bits per heavy atom. The maximum atomic E-state index is 5.52. The van der Waals surface area contributed by atoms with E-state index in [4.69, 9.17) is 9.47 Å². The number of nitrogens with zero attached hydrogens (tertiary/aromatic N) is 4. The molecule has 1 unspecified atom stereocenters. The average Bonchev–Trinajstić information content (AvgIpc) is 3.23. The molecule has 2 saturated heterocycles. The zero-order valence-corrected chi connectivity index (χ0v) is 17.0. The van der Waals surface area contributed by atoms with Crippen LogP contribution in [0.3, 0.4) is 0 Å². The summed E-state index contributed by atoms with van der Waals surface area (Å²) in [6.07, 6.45) is 6.47.